The van der Waals surface area contributed by atoms with Gasteiger partial charge in [0, 0.05) is 29.5 Å². The van der Waals surface area contributed by atoms with Crippen LogP contribution in [0.25, 0.3) is 11.4 Å². The maximum atomic E-state index is 13.4. The van der Waals surface area contributed by atoms with Crippen LogP contribution in [0.15, 0.2) is 54.6 Å². The number of nitrogens with one attached hydrogen (secondary N) is 1. The number of aryl methyl sites for hydroxylation is 1. The summed E-state index contributed by atoms with van der Waals surface area (Å²) in [5, 5.41) is 22.9. The zero-order chi connectivity index (χ0) is 23.8. The van der Waals surface area contributed by atoms with Gasteiger partial charge in [-0.15, -0.1) is 0 Å². The van der Waals surface area contributed by atoms with E-state index in [1.54, 1.807) is 41.9 Å². The highest BCUT2D eigenvalue weighted by Gasteiger charge is 2.26. The van der Waals surface area contributed by atoms with E-state index in [1.807, 2.05) is 0 Å². The number of hydrogen-bond donors (Lipinski definition) is 1. The first kappa shape index (κ1) is 21.5. The minimum Gasteiger partial charge on any atom is -0.305 e. The van der Waals surface area contributed by atoms with Crippen LogP contribution in [0.5, 0.6) is 0 Å². The number of amides is 1. The van der Waals surface area contributed by atoms with Gasteiger partial charge < -0.3 is 5.32 Å². The Kier molecular flexibility index (Phi) is 5.40. The minimum absolute atomic E-state index is 0.0313. The van der Waals surface area contributed by atoms with Crippen molar-refractivity contribution in [3.05, 3.63) is 93.2 Å². The summed E-state index contributed by atoms with van der Waals surface area (Å²) in [6, 6.07) is 13.7. The van der Waals surface area contributed by atoms with E-state index >= 15 is 0 Å². The predicted octanol–water partition coefficient (Wildman–Crippen LogP) is 4.54. The number of nitro groups is 1. The van der Waals surface area contributed by atoms with Crippen molar-refractivity contribution in [2.24, 2.45) is 0 Å². The van der Waals surface area contributed by atoms with Gasteiger partial charge in [0.05, 0.1) is 22.0 Å². The van der Waals surface area contributed by atoms with Crippen molar-refractivity contribution < 1.29 is 14.1 Å². The van der Waals surface area contributed by atoms with Crippen molar-refractivity contribution in [2.75, 3.05) is 5.32 Å². The van der Waals surface area contributed by atoms with Crippen molar-refractivity contribution in [3.63, 3.8) is 0 Å². The van der Waals surface area contributed by atoms with Gasteiger partial charge in [0.15, 0.2) is 5.69 Å². The summed E-state index contributed by atoms with van der Waals surface area (Å²) in [5.41, 5.74) is 4.10. The van der Waals surface area contributed by atoms with E-state index < -0.39 is 4.92 Å². The SMILES string of the molecule is Cc1cc(NC(=O)c2nn(-c3ccc(F)cc3)c3c2CCCC3)n(-c2ccc([N+](=O)[O-])cc2)n1. The second kappa shape index (κ2) is 8.54. The highest BCUT2D eigenvalue weighted by atomic mass is 19.1. The Morgan fingerprint density at radius 2 is 1.65 bits per heavy atom. The van der Waals surface area contributed by atoms with Crippen LogP contribution in [0.1, 0.15) is 40.3 Å². The van der Waals surface area contributed by atoms with Crippen LogP contribution in [0.2, 0.25) is 0 Å². The number of nitrogens with zero attached hydrogens (tertiary/aromatic N) is 5. The van der Waals surface area contributed by atoms with Crippen LogP contribution < -0.4 is 5.32 Å². The highest BCUT2D eigenvalue weighted by Crippen LogP contribution is 2.28. The van der Waals surface area contributed by atoms with Gasteiger partial charge in [-0.3, -0.25) is 14.9 Å². The fourth-order valence-corrected chi connectivity index (χ4v) is 4.25. The Morgan fingerprint density at radius 1 is 1.00 bits per heavy atom. The molecule has 4 aromatic rings. The third kappa shape index (κ3) is 3.94. The first-order chi connectivity index (χ1) is 16.4. The summed E-state index contributed by atoms with van der Waals surface area (Å²) in [5.74, 6) is -0.281. The van der Waals surface area contributed by atoms with Crippen LogP contribution in [-0.4, -0.2) is 30.4 Å². The highest BCUT2D eigenvalue weighted by molar-refractivity contribution is 6.04. The Morgan fingerprint density at radius 3 is 2.35 bits per heavy atom. The van der Waals surface area contributed by atoms with Gasteiger partial charge in [-0.25, -0.2) is 13.8 Å². The smallest absolute Gasteiger partial charge is 0.277 e. The number of carbonyl (C=O) groups excluding carboxylic acids is 1. The third-order valence-corrected chi connectivity index (χ3v) is 5.84. The molecule has 0 unspecified atom stereocenters. The van der Waals surface area contributed by atoms with Crippen LogP contribution in [0.3, 0.4) is 0 Å². The molecule has 0 saturated heterocycles. The molecule has 34 heavy (non-hydrogen) atoms. The predicted molar refractivity (Wildman–Crippen MR) is 123 cm³/mol. The molecule has 0 aliphatic heterocycles. The maximum Gasteiger partial charge on any atom is 0.277 e. The lowest BCUT2D eigenvalue weighted by Crippen LogP contribution is -2.18. The fourth-order valence-electron chi connectivity index (χ4n) is 4.25. The van der Waals surface area contributed by atoms with Crippen molar-refractivity contribution in [2.45, 2.75) is 32.6 Å². The molecule has 1 aliphatic rings. The number of carbonyl (C=O) groups is 1. The summed E-state index contributed by atoms with van der Waals surface area (Å²) in [6.45, 7) is 1.79. The van der Waals surface area contributed by atoms with Gasteiger partial charge in [0.2, 0.25) is 0 Å². The largest absolute Gasteiger partial charge is 0.305 e. The van der Waals surface area contributed by atoms with Crippen LogP contribution in [-0.2, 0) is 12.8 Å². The van der Waals surface area contributed by atoms with Gasteiger partial charge in [-0.2, -0.15) is 10.2 Å². The molecular weight excluding hydrogens is 439 g/mol. The van der Waals surface area contributed by atoms with Crippen molar-refractivity contribution in [1.29, 1.82) is 0 Å². The van der Waals surface area contributed by atoms with Crippen molar-refractivity contribution >= 4 is 17.4 Å². The molecule has 10 heteroatoms. The lowest BCUT2D eigenvalue weighted by atomic mass is 9.95. The van der Waals surface area contributed by atoms with E-state index in [9.17, 15) is 19.3 Å². The Bertz CT molecular complexity index is 1390. The lowest BCUT2D eigenvalue weighted by Gasteiger charge is -2.14. The van der Waals surface area contributed by atoms with Gasteiger partial charge in [0.25, 0.3) is 11.6 Å². The van der Waals surface area contributed by atoms with E-state index in [0.717, 1.165) is 36.9 Å². The lowest BCUT2D eigenvalue weighted by molar-refractivity contribution is -0.384. The number of aromatic nitrogens is 4. The molecule has 1 N–H and O–H groups in total. The second-order valence-electron chi connectivity index (χ2n) is 8.18. The quantitative estimate of drug-likeness (QED) is 0.347. The van der Waals surface area contributed by atoms with Gasteiger partial charge >= 0.3 is 0 Å². The normalized spacial score (nSPS) is 12.9. The molecule has 5 rings (SSSR count). The second-order valence-corrected chi connectivity index (χ2v) is 8.18. The Labute approximate surface area is 194 Å². The zero-order valence-electron chi connectivity index (χ0n) is 18.4. The number of anilines is 1. The molecule has 0 saturated carbocycles. The number of halogens is 1. The molecular formula is C24H21FN6O3. The molecule has 172 valence electrons. The van der Waals surface area contributed by atoms with E-state index in [1.165, 1.54) is 28.9 Å². The number of non-ortho nitro benzene ring substituents is 1. The van der Waals surface area contributed by atoms with E-state index in [0.29, 0.717) is 28.6 Å². The molecule has 0 spiro atoms. The molecule has 1 aliphatic carbocycles. The molecule has 0 atom stereocenters. The third-order valence-electron chi connectivity index (χ3n) is 5.84. The molecule has 2 heterocycles. The summed E-state index contributed by atoms with van der Waals surface area (Å²) in [4.78, 5) is 23.8. The molecule has 2 aromatic heterocycles. The number of hydrogen-bond acceptors (Lipinski definition) is 5. The van der Waals surface area contributed by atoms with E-state index in [2.05, 4.69) is 15.5 Å². The summed E-state index contributed by atoms with van der Waals surface area (Å²) in [7, 11) is 0. The molecule has 2 aromatic carbocycles. The number of fused-ring (bicyclic) bond motifs is 1. The Balaban J connectivity index is 1.49. The summed E-state index contributed by atoms with van der Waals surface area (Å²) in [6.07, 6.45) is 3.47. The van der Waals surface area contributed by atoms with Crippen LogP contribution >= 0.6 is 0 Å². The molecule has 0 radical (unpaired) electrons. The molecule has 0 fully saturated rings. The number of rotatable bonds is 5. The molecule has 1 amide bonds. The van der Waals surface area contributed by atoms with Gasteiger partial charge in [-0.05, 0) is 69.0 Å². The number of nitro benzene ring substituents is 1. The average Bonchev–Trinajstić information content (AvgIpc) is 3.40. The van der Waals surface area contributed by atoms with Crippen molar-refractivity contribution in [1.82, 2.24) is 19.6 Å². The summed E-state index contributed by atoms with van der Waals surface area (Å²) >= 11 is 0. The minimum atomic E-state index is -0.471. The topological polar surface area (TPSA) is 108 Å². The van der Waals surface area contributed by atoms with Crippen molar-refractivity contribution in [3.8, 4) is 11.4 Å². The van der Waals surface area contributed by atoms with E-state index in [-0.39, 0.29) is 17.4 Å². The monoisotopic (exact) mass is 460 g/mol. The maximum absolute atomic E-state index is 13.4. The van der Waals surface area contributed by atoms with Crippen LogP contribution in [0, 0.1) is 22.9 Å². The van der Waals surface area contributed by atoms with Crippen LogP contribution in [0.4, 0.5) is 15.9 Å². The molecule has 9 nitrogen and oxygen atoms in total. The van der Waals surface area contributed by atoms with Gasteiger partial charge in [0.1, 0.15) is 11.6 Å². The summed E-state index contributed by atoms with van der Waals surface area (Å²) < 4.78 is 16.7. The first-order valence-electron chi connectivity index (χ1n) is 10.9. The van der Waals surface area contributed by atoms with Gasteiger partial charge in [-0.1, -0.05) is 0 Å². The number of benzene rings is 2. The standard InChI is InChI=1S/C24H21FN6O3/c1-15-14-22(30(27-15)18-10-12-19(13-11-18)31(33)34)26-24(32)23-20-4-2-3-5-21(20)29(28-23)17-8-6-16(25)7-9-17/h6-14H,2-5H2,1H3,(H,26,32). The molecule has 0 bridgehead atoms. The zero-order valence-corrected chi connectivity index (χ0v) is 18.4. The van der Waals surface area contributed by atoms with E-state index in [4.69, 9.17) is 0 Å². The average molecular weight is 460 g/mol. The first-order valence-corrected chi connectivity index (χ1v) is 10.9. The fraction of sp³-hybridized carbons (Fsp3) is 0.208. The Hall–Kier alpha value is -4.34.